The number of quaternary nitrogens is 1. The fourth-order valence-corrected chi connectivity index (χ4v) is 3.82. The van der Waals surface area contributed by atoms with Crippen LogP contribution in [-0.2, 0) is 18.4 Å². The first-order valence-electron chi connectivity index (χ1n) is 8.30. The summed E-state index contributed by atoms with van der Waals surface area (Å²) >= 11 is 1.47. The molecule has 1 atom stereocenters. The van der Waals surface area contributed by atoms with Gasteiger partial charge in [-0.2, -0.15) is 0 Å². The van der Waals surface area contributed by atoms with Crippen molar-refractivity contribution in [1.29, 1.82) is 0 Å². The first kappa shape index (κ1) is 17.0. The summed E-state index contributed by atoms with van der Waals surface area (Å²) in [6.07, 6.45) is 1.66. The minimum Gasteiger partial charge on any atom is -0.330 e. The molecule has 1 saturated heterocycles. The maximum atomic E-state index is 12.6. The molecule has 1 fully saturated rings. The lowest BCUT2D eigenvalue weighted by Crippen LogP contribution is -3.13. The van der Waals surface area contributed by atoms with E-state index < -0.39 is 0 Å². The Hall–Kier alpha value is -1.86. The Balaban J connectivity index is 1.49. The van der Waals surface area contributed by atoms with E-state index in [4.69, 9.17) is 0 Å². The van der Waals surface area contributed by atoms with Crippen molar-refractivity contribution in [1.82, 2.24) is 19.7 Å². The van der Waals surface area contributed by atoms with Crippen LogP contribution in [0, 0.1) is 0 Å². The molecule has 1 aliphatic heterocycles. The summed E-state index contributed by atoms with van der Waals surface area (Å²) in [5.41, 5.74) is 1.36. The number of aromatic nitrogens is 3. The molecule has 6 nitrogen and oxygen atoms in total. The maximum Gasteiger partial charge on any atom is 0.236 e. The number of hydrogen-bond acceptors (Lipinski definition) is 4. The molecule has 0 aliphatic carbocycles. The molecular formula is C17H24N5OS+. The van der Waals surface area contributed by atoms with Crippen LogP contribution in [0.3, 0.4) is 0 Å². The molecule has 1 aromatic carbocycles. The normalized spacial score (nSPS) is 17.0. The average Bonchev–Trinajstić information content (AvgIpc) is 3.00. The summed E-state index contributed by atoms with van der Waals surface area (Å²) in [6.45, 7) is 6.64. The number of hydrogen-bond donors (Lipinski definition) is 1. The first-order chi connectivity index (χ1) is 11.6. The fourth-order valence-electron chi connectivity index (χ4n) is 2.95. The Bertz CT molecular complexity index is 667. The largest absolute Gasteiger partial charge is 0.330 e. The monoisotopic (exact) mass is 346 g/mol. The predicted molar refractivity (Wildman–Crippen MR) is 93.7 cm³/mol. The average molecular weight is 346 g/mol. The summed E-state index contributed by atoms with van der Waals surface area (Å²) in [6, 6.07) is 10.6. The molecule has 2 heterocycles. The molecule has 3 rings (SSSR count). The quantitative estimate of drug-likeness (QED) is 0.787. The number of thioether (sulfide) groups is 1. The van der Waals surface area contributed by atoms with Crippen molar-refractivity contribution in [3.63, 3.8) is 0 Å². The van der Waals surface area contributed by atoms with Gasteiger partial charge in [-0.3, -0.25) is 4.79 Å². The zero-order chi connectivity index (χ0) is 16.9. The number of nitrogens with zero attached hydrogens (tertiary/aromatic N) is 4. The van der Waals surface area contributed by atoms with Gasteiger partial charge in [0.2, 0.25) is 5.91 Å². The first-order valence-corrected chi connectivity index (χ1v) is 9.18. The standard InChI is InChI=1S/C17H23N5OS/c1-14(24-17-19-18-13-20(17)2)16(23)22-10-8-21(9-11-22)12-15-6-4-3-5-7-15/h3-7,13-14H,8-12H2,1-2H3/p+1/t14-/m0/s1. The molecule has 128 valence electrons. The van der Waals surface area contributed by atoms with Crippen LogP contribution in [-0.4, -0.2) is 57.0 Å². The lowest BCUT2D eigenvalue weighted by Gasteiger charge is -2.33. The number of benzene rings is 1. The minimum absolute atomic E-state index is 0.136. The van der Waals surface area contributed by atoms with Gasteiger partial charge in [0.05, 0.1) is 31.4 Å². The highest BCUT2D eigenvalue weighted by Crippen LogP contribution is 2.21. The van der Waals surface area contributed by atoms with Gasteiger partial charge < -0.3 is 14.4 Å². The molecule has 1 N–H and O–H groups in total. The Morgan fingerprint density at radius 3 is 2.62 bits per heavy atom. The molecule has 7 heteroatoms. The van der Waals surface area contributed by atoms with Gasteiger partial charge in [-0.05, 0) is 6.92 Å². The maximum absolute atomic E-state index is 12.6. The van der Waals surface area contributed by atoms with E-state index in [1.54, 1.807) is 11.2 Å². The van der Waals surface area contributed by atoms with Crippen LogP contribution in [0.5, 0.6) is 0 Å². The second-order valence-corrected chi connectivity index (χ2v) is 7.53. The topological polar surface area (TPSA) is 55.5 Å². The van der Waals surface area contributed by atoms with Crippen LogP contribution in [0.1, 0.15) is 12.5 Å². The lowest BCUT2D eigenvalue weighted by molar-refractivity contribution is -0.917. The number of amides is 1. The summed E-state index contributed by atoms with van der Waals surface area (Å²) in [5.74, 6) is 0.196. The zero-order valence-corrected chi connectivity index (χ0v) is 15.0. The fraction of sp³-hybridized carbons (Fsp3) is 0.471. The van der Waals surface area contributed by atoms with Gasteiger partial charge >= 0.3 is 0 Å². The van der Waals surface area contributed by atoms with Crippen LogP contribution < -0.4 is 4.90 Å². The second kappa shape index (κ2) is 7.81. The minimum atomic E-state index is -0.136. The SMILES string of the molecule is C[C@H](Sc1nncn1C)C(=O)N1CC[NH+](Cc2ccccc2)CC1. The Labute approximate surface area is 146 Å². The number of nitrogens with one attached hydrogen (secondary N) is 1. The van der Waals surface area contributed by atoms with E-state index in [1.165, 1.54) is 17.3 Å². The van der Waals surface area contributed by atoms with Gasteiger partial charge in [0.15, 0.2) is 5.16 Å². The smallest absolute Gasteiger partial charge is 0.236 e. The third kappa shape index (κ3) is 4.15. The van der Waals surface area contributed by atoms with Crippen molar-refractivity contribution in [3.05, 3.63) is 42.2 Å². The Morgan fingerprint density at radius 2 is 2.00 bits per heavy atom. The third-order valence-corrected chi connectivity index (χ3v) is 5.51. The van der Waals surface area contributed by atoms with Crippen molar-refractivity contribution in [3.8, 4) is 0 Å². The highest BCUT2D eigenvalue weighted by atomic mass is 32.2. The summed E-state index contributed by atoms with van der Waals surface area (Å²) in [7, 11) is 1.89. The number of carbonyl (C=O) groups is 1. The molecular weight excluding hydrogens is 322 g/mol. The van der Waals surface area contributed by atoms with Crippen molar-refractivity contribution >= 4 is 17.7 Å². The van der Waals surface area contributed by atoms with Gasteiger partial charge in [0.1, 0.15) is 12.9 Å². The van der Waals surface area contributed by atoms with Crippen molar-refractivity contribution in [2.75, 3.05) is 26.2 Å². The number of aryl methyl sites for hydroxylation is 1. The molecule has 1 amide bonds. The van der Waals surface area contributed by atoms with Gasteiger partial charge in [-0.1, -0.05) is 42.1 Å². The van der Waals surface area contributed by atoms with E-state index in [0.717, 1.165) is 37.9 Å². The van der Waals surface area contributed by atoms with E-state index >= 15 is 0 Å². The third-order valence-electron chi connectivity index (χ3n) is 4.38. The predicted octanol–water partition coefficient (Wildman–Crippen LogP) is 0.223. The highest BCUT2D eigenvalue weighted by Gasteiger charge is 2.28. The van der Waals surface area contributed by atoms with Crippen molar-refractivity contribution in [2.45, 2.75) is 23.9 Å². The molecule has 0 radical (unpaired) electrons. The van der Waals surface area contributed by atoms with E-state index in [0.29, 0.717) is 0 Å². The van der Waals surface area contributed by atoms with Gasteiger partial charge in [0.25, 0.3) is 0 Å². The molecule has 2 aromatic rings. The second-order valence-electron chi connectivity index (χ2n) is 6.22. The molecule has 1 aromatic heterocycles. The molecule has 0 saturated carbocycles. The van der Waals surface area contributed by atoms with Gasteiger partial charge in [-0.15, -0.1) is 10.2 Å². The molecule has 0 unspecified atom stereocenters. The molecule has 0 spiro atoms. The van der Waals surface area contributed by atoms with Crippen molar-refractivity contribution in [2.24, 2.45) is 7.05 Å². The molecule has 1 aliphatic rings. The Morgan fingerprint density at radius 1 is 1.29 bits per heavy atom. The van der Waals surface area contributed by atoms with Crippen LogP contribution in [0.4, 0.5) is 0 Å². The number of rotatable bonds is 5. The van der Waals surface area contributed by atoms with Crippen LogP contribution in [0.15, 0.2) is 41.8 Å². The van der Waals surface area contributed by atoms with Gasteiger partial charge in [-0.25, -0.2) is 0 Å². The summed E-state index contributed by atoms with van der Waals surface area (Å²) in [4.78, 5) is 16.2. The zero-order valence-electron chi connectivity index (χ0n) is 14.2. The Kier molecular flexibility index (Phi) is 5.52. The number of piperazine rings is 1. The lowest BCUT2D eigenvalue weighted by atomic mass is 10.2. The van der Waals surface area contributed by atoms with Crippen LogP contribution in [0.2, 0.25) is 0 Å². The summed E-state index contributed by atoms with van der Waals surface area (Å²) < 4.78 is 1.84. The van der Waals surface area contributed by atoms with Gasteiger partial charge in [0, 0.05) is 12.6 Å². The molecule has 24 heavy (non-hydrogen) atoms. The van der Waals surface area contributed by atoms with Crippen LogP contribution >= 0.6 is 11.8 Å². The highest BCUT2D eigenvalue weighted by molar-refractivity contribution is 8.00. The van der Waals surface area contributed by atoms with Crippen molar-refractivity contribution < 1.29 is 9.69 Å². The van der Waals surface area contributed by atoms with Crippen LogP contribution in [0.25, 0.3) is 0 Å². The van der Waals surface area contributed by atoms with E-state index in [9.17, 15) is 4.79 Å². The van der Waals surface area contributed by atoms with E-state index in [1.807, 2.05) is 29.5 Å². The van der Waals surface area contributed by atoms with E-state index in [-0.39, 0.29) is 11.2 Å². The summed E-state index contributed by atoms with van der Waals surface area (Å²) in [5, 5.41) is 8.55. The molecule has 0 bridgehead atoms. The number of carbonyl (C=O) groups excluding carboxylic acids is 1. The van der Waals surface area contributed by atoms with E-state index in [2.05, 4.69) is 34.5 Å².